The van der Waals surface area contributed by atoms with Crippen molar-refractivity contribution in [2.45, 2.75) is 45.2 Å². The average molecular weight is 206 g/mol. The van der Waals surface area contributed by atoms with Crippen LogP contribution < -0.4 is 5.32 Å². The molecule has 3 nitrogen and oxygen atoms in total. The molecule has 0 amide bonds. The summed E-state index contributed by atoms with van der Waals surface area (Å²) >= 11 is 0. The molecule has 0 aliphatic rings. The third-order valence-corrected chi connectivity index (χ3v) is 2.37. The molecule has 0 saturated heterocycles. The van der Waals surface area contributed by atoms with Gasteiger partial charge in [0, 0.05) is 18.5 Å². The van der Waals surface area contributed by atoms with Gasteiger partial charge >= 0.3 is 0 Å². The quantitative estimate of drug-likeness (QED) is 0.778. The van der Waals surface area contributed by atoms with Crippen LogP contribution in [0, 0.1) is 11.3 Å². The number of rotatable bonds is 6. The Morgan fingerprint density at radius 2 is 2.27 bits per heavy atom. The summed E-state index contributed by atoms with van der Waals surface area (Å²) in [6.45, 7) is 4.17. The van der Waals surface area contributed by atoms with Gasteiger partial charge < -0.3 is 9.73 Å². The Balaban J connectivity index is 2.19. The first-order valence-corrected chi connectivity index (χ1v) is 5.37. The second-order valence-corrected chi connectivity index (χ2v) is 3.95. The van der Waals surface area contributed by atoms with Crippen LogP contribution in [-0.2, 0) is 6.42 Å². The molecule has 0 fully saturated rings. The Labute approximate surface area is 91.1 Å². The zero-order valence-corrected chi connectivity index (χ0v) is 9.36. The molecule has 1 rings (SSSR count). The second kappa shape index (κ2) is 6.26. The van der Waals surface area contributed by atoms with Crippen LogP contribution in [0.4, 0.5) is 0 Å². The van der Waals surface area contributed by atoms with E-state index in [0.29, 0.717) is 12.5 Å². The van der Waals surface area contributed by atoms with Crippen molar-refractivity contribution in [3.63, 3.8) is 0 Å². The molecule has 0 saturated carbocycles. The lowest BCUT2D eigenvalue weighted by Crippen LogP contribution is -2.34. The summed E-state index contributed by atoms with van der Waals surface area (Å²) in [5.74, 6) is 1.02. The number of nitrogens with one attached hydrogen (secondary N) is 1. The topological polar surface area (TPSA) is 49.0 Å². The van der Waals surface area contributed by atoms with E-state index in [1.165, 1.54) is 0 Å². The third-order valence-electron chi connectivity index (χ3n) is 2.37. The van der Waals surface area contributed by atoms with E-state index in [1.54, 1.807) is 6.26 Å². The van der Waals surface area contributed by atoms with Crippen LogP contribution in [0.2, 0.25) is 0 Å². The molecule has 2 atom stereocenters. The van der Waals surface area contributed by atoms with Gasteiger partial charge in [0.25, 0.3) is 0 Å². The second-order valence-electron chi connectivity index (χ2n) is 3.95. The molecule has 0 spiro atoms. The number of hydrogen-bond acceptors (Lipinski definition) is 3. The van der Waals surface area contributed by atoms with E-state index < -0.39 is 0 Å². The summed E-state index contributed by atoms with van der Waals surface area (Å²) in [5, 5.41) is 11.9. The predicted molar refractivity (Wildman–Crippen MR) is 59.3 cm³/mol. The summed E-state index contributed by atoms with van der Waals surface area (Å²) in [6.07, 6.45) is 4.24. The van der Waals surface area contributed by atoms with E-state index >= 15 is 0 Å². The fraction of sp³-hybridized carbons (Fsp3) is 0.583. The van der Waals surface area contributed by atoms with E-state index in [4.69, 9.17) is 9.68 Å². The zero-order chi connectivity index (χ0) is 11.1. The molecular weight excluding hydrogens is 188 g/mol. The number of nitrogens with zero attached hydrogens (tertiary/aromatic N) is 1. The summed E-state index contributed by atoms with van der Waals surface area (Å²) in [7, 11) is 0. The highest BCUT2D eigenvalue weighted by atomic mass is 16.3. The van der Waals surface area contributed by atoms with Gasteiger partial charge in [-0.25, -0.2) is 0 Å². The van der Waals surface area contributed by atoms with Gasteiger partial charge in [-0.2, -0.15) is 5.26 Å². The Hall–Kier alpha value is -1.27. The fourth-order valence-corrected chi connectivity index (χ4v) is 1.58. The third kappa shape index (κ3) is 4.66. The first kappa shape index (κ1) is 11.8. The van der Waals surface area contributed by atoms with Crippen LogP contribution in [0.3, 0.4) is 0 Å². The Morgan fingerprint density at radius 1 is 1.47 bits per heavy atom. The van der Waals surface area contributed by atoms with Gasteiger partial charge in [0.05, 0.1) is 18.8 Å². The van der Waals surface area contributed by atoms with Crippen LogP contribution in [-0.4, -0.2) is 12.1 Å². The van der Waals surface area contributed by atoms with Crippen LogP contribution in [0.25, 0.3) is 0 Å². The van der Waals surface area contributed by atoms with Gasteiger partial charge in [0.1, 0.15) is 5.76 Å². The monoisotopic (exact) mass is 206 g/mol. The van der Waals surface area contributed by atoms with E-state index in [1.807, 2.05) is 19.1 Å². The van der Waals surface area contributed by atoms with Crippen molar-refractivity contribution >= 4 is 0 Å². The highest BCUT2D eigenvalue weighted by molar-refractivity contribution is 4.98. The minimum Gasteiger partial charge on any atom is -0.469 e. The number of hydrogen-bond donors (Lipinski definition) is 1. The molecule has 1 aromatic heterocycles. The maximum atomic E-state index is 8.52. The lowest BCUT2D eigenvalue weighted by molar-refractivity contribution is 0.427. The van der Waals surface area contributed by atoms with Gasteiger partial charge in [-0.3, -0.25) is 0 Å². The summed E-state index contributed by atoms with van der Waals surface area (Å²) in [6, 6.07) is 6.74. The molecule has 1 N–H and O–H groups in total. The summed E-state index contributed by atoms with van der Waals surface area (Å²) in [5.41, 5.74) is 0. The van der Waals surface area contributed by atoms with Gasteiger partial charge in [0.2, 0.25) is 0 Å². The number of nitriles is 1. The van der Waals surface area contributed by atoms with E-state index in [9.17, 15) is 0 Å². The van der Waals surface area contributed by atoms with Gasteiger partial charge in [0.15, 0.2) is 0 Å². The van der Waals surface area contributed by atoms with Crippen molar-refractivity contribution < 1.29 is 4.42 Å². The van der Waals surface area contributed by atoms with Crippen LogP contribution in [0.1, 0.15) is 32.4 Å². The van der Waals surface area contributed by atoms with Gasteiger partial charge in [-0.05, 0) is 32.4 Å². The van der Waals surface area contributed by atoms with E-state index in [2.05, 4.69) is 18.3 Å². The maximum Gasteiger partial charge on any atom is 0.103 e. The molecule has 1 aromatic rings. The smallest absolute Gasteiger partial charge is 0.103 e. The van der Waals surface area contributed by atoms with E-state index in [0.717, 1.165) is 18.6 Å². The largest absolute Gasteiger partial charge is 0.469 e. The highest BCUT2D eigenvalue weighted by Gasteiger charge is 2.07. The normalized spacial score (nSPS) is 14.5. The molecule has 0 bridgehead atoms. The van der Waals surface area contributed by atoms with Crippen molar-refractivity contribution in [1.29, 1.82) is 5.26 Å². The van der Waals surface area contributed by atoms with E-state index in [-0.39, 0.29) is 6.04 Å². The fourth-order valence-electron chi connectivity index (χ4n) is 1.58. The zero-order valence-electron chi connectivity index (χ0n) is 9.36. The Morgan fingerprint density at radius 3 is 2.87 bits per heavy atom. The SMILES string of the molecule is CC(CC#N)NC(C)CCc1ccco1. The molecule has 0 aliphatic heterocycles. The van der Waals surface area contributed by atoms with Crippen molar-refractivity contribution in [3.05, 3.63) is 24.2 Å². The van der Waals surface area contributed by atoms with Crippen molar-refractivity contribution in [2.24, 2.45) is 0 Å². The Bertz CT molecular complexity index is 300. The van der Waals surface area contributed by atoms with Crippen molar-refractivity contribution in [3.8, 4) is 6.07 Å². The molecule has 2 unspecified atom stereocenters. The Kier molecular flexibility index (Phi) is 4.92. The van der Waals surface area contributed by atoms with Crippen molar-refractivity contribution in [2.75, 3.05) is 0 Å². The summed E-state index contributed by atoms with van der Waals surface area (Å²) < 4.78 is 5.26. The molecule has 82 valence electrons. The number of furan rings is 1. The lowest BCUT2D eigenvalue weighted by Gasteiger charge is -2.17. The molecule has 0 radical (unpaired) electrons. The van der Waals surface area contributed by atoms with Gasteiger partial charge in [-0.1, -0.05) is 0 Å². The van der Waals surface area contributed by atoms with Crippen LogP contribution in [0.15, 0.2) is 22.8 Å². The molecule has 3 heteroatoms. The maximum absolute atomic E-state index is 8.52. The lowest BCUT2D eigenvalue weighted by atomic mass is 10.1. The molecule has 0 aliphatic carbocycles. The summed E-state index contributed by atoms with van der Waals surface area (Å²) in [4.78, 5) is 0. The van der Waals surface area contributed by atoms with Crippen molar-refractivity contribution in [1.82, 2.24) is 5.32 Å². The average Bonchev–Trinajstić information content (AvgIpc) is 2.67. The van der Waals surface area contributed by atoms with Crippen LogP contribution >= 0.6 is 0 Å². The molecule has 1 heterocycles. The first-order chi connectivity index (χ1) is 7.22. The first-order valence-electron chi connectivity index (χ1n) is 5.37. The minimum atomic E-state index is 0.265. The molecule has 15 heavy (non-hydrogen) atoms. The van der Waals surface area contributed by atoms with Crippen LogP contribution in [0.5, 0.6) is 0 Å². The molecular formula is C12H18N2O. The minimum absolute atomic E-state index is 0.265. The molecule has 0 aromatic carbocycles. The number of aryl methyl sites for hydroxylation is 1. The predicted octanol–water partition coefficient (Wildman–Crippen LogP) is 2.49. The van der Waals surface area contributed by atoms with Gasteiger partial charge in [-0.15, -0.1) is 0 Å². The standard InChI is InChI=1S/C12H18N2O/c1-10(14-11(2)7-8-13)5-6-12-4-3-9-15-12/h3-4,9-11,14H,5-7H2,1-2H3. The highest BCUT2D eigenvalue weighted by Crippen LogP contribution is 2.06.